The minimum Gasteiger partial charge on any atom is -0.454 e. The Morgan fingerprint density at radius 1 is 1.05 bits per heavy atom. The smallest absolute Gasteiger partial charge is 0.231 e. The van der Waals surface area contributed by atoms with E-state index in [1.54, 1.807) is 12.1 Å². The van der Waals surface area contributed by atoms with Crippen molar-refractivity contribution in [2.75, 3.05) is 6.79 Å². The molecule has 20 heavy (non-hydrogen) atoms. The lowest BCUT2D eigenvalue weighted by atomic mass is 10.1. The molecule has 0 saturated heterocycles. The second-order valence-corrected chi connectivity index (χ2v) is 4.87. The molecule has 0 bridgehead atoms. The maximum absolute atomic E-state index is 13.7. The lowest BCUT2D eigenvalue weighted by Crippen LogP contribution is -2.14. The van der Waals surface area contributed by atoms with E-state index in [4.69, 9.17) is 21.1 Å². The fourth-order valence-corrected chi connectivity index (χ4v) is 2.34. The molecule has 0 fully saturated rings. The van der Waals surface area contributed by atoms with Crippen LogP contribution in [0.4, 0.5) is 4.39 Å². The van der Waals surface area contributed by atoms with Crippen LogP contribution in [0.2, 0.25) is 5.02 Å². The number of para-hydroxylation sites is 1. The fraction of sp³-hybridized carbons (Fsp3) is 0.200. The second kappa shape index (κ2) is 5.69. The summed E-state index contributed by atoms with van der Waals surface area (Å²) in [5.74, 6) is 1.13. The molecule has 0 spiro atoms. The first-order valence-corrected chi connectivity index (χ1v) is 6.64. The second-order valence-electron chi connectivity index (χ2n) is 4.47. The van der Waals surface area contributed by atoms with Gasteiger partial charge in [-0.05, 0) is 12.1 Å². The molecule has 0 aliphatic carbocycles. The monoisotopic (exact) mass is 293 g/mol. The number of hydrogen-bond acceptors (Lipinski definition) is 3. The Labute approximate surface area is 121 Å². The molecule has 1 N–H and O–H groups in total. The molecular formula is C15H13ClFNO2. The van der Waals surface area contributed by atoms with E-state index in [1.165, 1.54) is 6.07 Å². The molecular weight excluding hydrogens is 281 g/mol. The van der Waals surface area contributed by atoms with E-state index in [2.05, 4.69) is 5.32 Å². The summed E-state index contributed by atoms with van der Waals surface area (Å²) in [7, 11) is 0. The van der Waals surface area contributed by atoms with Gasteiger partial charge in [0.2, 0.25) is 6.79 Å². The van der Waals surface area contributed by atoms with Crippen LogP contribution in [0.15, 0.2) is 36.4 Å². The van der Waals surface area contributed by atoms with Crippen LogP contribution >= 0.6 is 11.6 Å². The number of fused-ring (bicyclic) bond motifs is 1. The quantitative estimate of drug-likeness (QED) is 0.936. The molecule has 104 valence electrons. The molecule has 0 amide bonds. The summed E-state index contributed by atoms with van der Waals surface area (Å²) in [6.45, 7) is 1.21. The van der Waals surface area contributed by atoms with Crippen LogP contribution in [0.3, 0.4) is 0 Å². The van der Waals surface area contributed by atoms with Crippen molar-refractivity contribution in [1.29, 1.82) is 0 Å². The topological polar surface area (TPSA) is 30.5 Å². The van der Waals surface area contributed by atoms with E-state index >= 15 is 0 Å². The van der Waals surface area contributed by atoms with Crippen molar-refractivity contribution < 1.29 is 13.9 Å². The van der Waals surface area contributed by atoms with Crippen molar-refractivity contribution in [3.63, 3.8) is 0 Å². The average Bonchev–Trinajstić information content (AvgIpc) is 2.93. The number of nitrogens with one attached hydrogen (secondary N) is 1. The highest BCUT2D eigenvalue weighted by atomic mass is 35.5. The molecule has 3 nitrogen and oxygen atoms in total. The van der Waals surface area contributed by atoms with Crippen molar-refractivity contribution in [3.05, 3.63) is 58.4 Å². The SMILES string of the molecule is Fc1c(Cl)cccc1CNCc1cccc2c1OCO2. The molecule has 0 atom stereocenters. The van der Waals surface area contributed by atoms with Gasteiger partial charge in [-0.1, -0.05) is 35.9 Å². The van der Waals surface area contributed by atoms with Gasteiger partial charge in [0, 0.05) is 24.2 Å². The third-order valence-electron chi connectivity index (χ3n) is 3.14. The van der Waals surface area contributed by atoms with E-state index < -0.39 is 0 Å². The van der Waals surface area contributed by atoms with Gasteiger partial charge in [-0.15, -0.1) is 0 Å². The van der Waals surface area contributed by atoms with Gasteiger partial charge in [-0.2, -0.15) is 0 Å². The maximum Gasteiger partial charge on any atom is 0.231 e. The Hall–Kier alpha value is -1.78. The van der Waals surface area contributed by atoms with Gasteiger partial charge in [0.25, 0.3) is 0 Å². The van der Waals surface area contributed by atoms with Gasteiger partial charge in [0.1, 0.15) is 5.82 Å². The molecule has 3 rings (SSSR count). The molecule has 0 radical (unpaired) electrons. The van der Waals surface area contributed by atoms with E-state index in [9.17, 15) is 4.39 Å². The highest BCUT2D eigenvalue weighted by Crippen LogP contribution is 2.35. The van der Waals surface area contributed by atoms with Crippen molar-refractivity contribution >= 4 is 11.6 Å². The van der Waals surface area contributed by atoms with Crippen molar-refractivity contribution in [3.8, 4) is 11.5 Å². The van der Waals surface area contributed by atoms with E-state index in [0.29, 0.717) is 18.7 Å². The molecule has 2 aromatic carbocycles. The molecule has 1 heterocycles. The fourth-order valence-electron chi connectivity index (χ4n) is 2.15. The molecule has 1 aliphatic heterocycles. The van der Waals surface area contributed by atoms with Crippen LogP contribution in [0.25, 0.3) is 0 Å². The number of halogens is 2. The molecule has 0 aromatic heterocycles. The van der Waals surface area contributed by atoms with Gasteiger partial charge < -0.3 is 14.8 Å². The highest BCUT2D eigenvalue weighted by molar-refractivity contribution is 6.30. The summed E-state index contributed by atoms with van der Waals surface area (Å²) >= 11 is 5.75. The van der Waals surface area contributed by atoms with Gasteiger partial charge in [-0.25, -0.2) is 4.39 Å². The molecule has 0 saturated carbocycles. The summed E-state index contributed by atoms with van der Waals surface area (Å²) in [5.41, 5.74) is 1.53. The van der Waals surface area contributed by atoms with Gasteiger partial charge >= 0.3 is 0 Å². The molecule has 2 aromatic rings. The lowest BCUT2D eigenvalue weighted by molar-refractivity contribution is 0.173. The predicted molar refractivity (Wildman–Crippen MR) is 74.5 cm³/mol. The summed E-state index contributed by atoms with van der Waals surface area (Å²) in [6, 6.07) is 10.7. The Morgan fingerprint density at radius 3 is 2.70 bits per heavy atom. The number of rotatable bonds is 4. The van der Waals surface area contributed by atoms with Gasteiger partial charge in [-0.3, -0.25) is 0 Å². The number of ether oxygens (including phenoxy) is 2. The number of benzene rings is 2. The average molecular weight is 294 g/mol. The van der Waals surface area contributed by atoms with Gasteiger partial charge in [0.05, 0.1) is 5.02 Å². The van der Waals surface area contributed by atoms with E-state index in [0.717, 1.165) is 17.1 Å². The molecule has 1 aliphatic rings. The lowest BCUT2D eigenvalue weighted by Gasteiger charge is -2.09. The summed E-state index contributed by atoms with van der Waals surface area (Å²) in [6.07, 6.45) is 0. The third-order valence-corrected chi connectivity index (χ3v) is 3.43. The van der Waals surface area contributed by atoms with Crippen LogP contribution in [0.5, 0.6) is 11.5 Å². The first-order chi connectivity index (χ1) is 9.75. The first kappa shape index (κ1) is 13.2. The largest absolute Gasteiger partial charge is 0.454 e. The summed E-state index contributed by atoms with van der Waals surface area (Å²) in [5, 5.41) is 3.32. The summed E-state index contributed by atoms with van der Waals surface area (Å²) < 4.78 is 24.5. The third kappa shape index (κ3) is 2.57. The Bertz CT molecular complexity index is 633. The van der Waals surface area contributed by atoms with Crippen LogP contribution in [-0.4, -0.2) is 6.79 Å². The Balaban J connectivity index is 1.66. The van der Waals surface area contributed by atoms with Crippen LogP contribution in [0, 0.1) is 5.82 Å². The van der Waals surface area contributed by atoms with Gasteiger partial charge in [0.15, 0.2) is 11.5 Å². The first-order valence-electron chi connectivity index (χ1n) is 6.27. The zero-order valence-electron chi connectivity index (χ0n) is 10.7. The minimum absolute atomic E-state index is 0.140. The van der Waals surface area contributed by atoms with E-state index in [1.807, 2.05) is 18.2 Å². The van der Waals surface area contributed by atoms with Crippen molar-refractivity contribution in [2.24, 2.45) is 0 Å². The highest BCUT2D eigenvalue weighted by Gasteiger charge is 2.16. The zero-order valence-corrected chi connectivity index (χ0v) is 11.4. The zero-order chi connectivity index (χ0) is 13.9. The Morgan fingerprint density at radius 2 is 1.80 bits per heavy atom. The van der Waals surface area contributed by atoms with E-state index in [-0.39, 0.29) is 17.6 Å². The van der Waals surface area contributed by atoms with Crippen molar-refractivity contribution in [1.82, 2.24) is 5.32 Å². The van der Waals surface area contributed by atoms with Crippen molar-refractivity contribution in [2.45, 2.75) is 13.1 Å². The van der Waals surface area contributed by atoms with Crippen LogP contribution in [-0.2, 0) is 13.1 Å². The Kier molecular flexibility index (Phi) is 3.76. The molecule has 5 heteroatoms. The van der Waals surface area contributed by atoms with Crippen LogP contribution < -0.4 is 14.8 Å². The maximum atomic E-state index is 13.7. The van der Waals surface area contributed by atoms with Crippen LogP contribution in [0.1, 0.15) is 11.1 Å². The minimum atomic E-state index is -0.375. The normalized spacial score (nSPS) is 12.7. The predicted octanol–water partition coefficient (Wildman–Crippen LogP) is 3.50. The number of hydrogen-bond donors (Lipinski definition) is 1. The summed E-state index contributed by atoms with van der Waals surface area (Å²) in [4.78, 5) is 0. The molecule has 0 unspecified atom stereocenters. The standard InChI is InChI=1S/C15H13ClFNO2/c16-12-5-1-3-10(14(12)17)7-18-8-11-4-2-6-13-15(11)20-9-19-13/h1-6,18H,7-9H2.